The third kappa shape index (κ3) is 7.18. The van der Waals surface area contributed by atoms with E-state index in [9.17, 15) is 14.4 Å². The summed E-state index contributed by atoms with van der Waals surface area (Å²) >= 11 is 0. The molecule has 2 aliphatic rings. The summed E-state index contributed by atoms with van der Waals surface area (Å²) in [5.74, 6) is -1.32. The van der Waals surface area contributed by atoms with Crippen molar-refractivity contribution in [2.75, 3.05) is 12.4 Å². The summed E-state index contributed by atoms with van der Waals surface area (Å²) in [6, 6.07) is 3.21. The van der Waals surface area contributed by atoms with E-state index in [0.717, 1.165) is 0 Å². The smallest absolute Gasteiger partial charge is 0.412 e. The van der Waals surface area contributed by atoms with Gasteiger partial charge >= 0.3 is 12.1 Å². The fraction of sp³-hybridized carbons (Fsp3) is 0.519. The van der Waals surface area contributed by atoms with Gasteiger partial charge in [-0.3, -0.25) is 10.1 Å². The maximum absolute atomic E-state index is 13.3. The largest absolute Gasteiger partial charge is 0.497 e. The van der Waals surface area contributed by atoms with E-state index in [1.54, 1.807) is 65.8 Å². The lowest BCUT2D eigenvalue weighted by atomic mass is 10.0. The van der Waals surface area contributed by atoms with Crippen LogP contribution in [-0.4, -0.2) is 54.7 Å². The van der Waals surface area contributed by atoms with Crippen molar-refractivity contribution in [3.05, 3.63) is 41.5 Å². The number of nitrogens with one attached hydrogen (secondary N) is 1. The van der Waals surface area contributed by atoms with E-state index < -0.39 is 41.8 Å². The van der Waals surface area contributed by atoms with Gasteiger partial charge < -0.3 is 23.7 Å². The molecule has 1 fully saturated rings. The molecule has 3 atom stereocenters. The molecule has 1 saturated heterocycles. The van der Waals surface area contributed by atoms with Crippen molar-refractivity contribution in [2.45, 2.75) is 84.1 Å². The first-order chi connectivity index (χ1) is 16.8. The Labute approximate surface area is 211 Å². The minimum atomic E-state index is -0.904. The van der Waals surface area contributed by atoms with Gasteiger partial charge in [0.1, 0.15) is 23.6 Å². The lowest BCUT2D eigenvalue weighted by Gasteiger charge is -2.22. The average molecular weight is 502 g/mol. The molecule has 196 valence electrons. The summed E-state index contributed by atoms with van der Waals surface area (Å²) < 4.78 is 28.2. The number of methoxy groups -OCH3 is 1. The second-order valence-corrected chi connectivity index (χ2v) is 10.3. The number of amides is 1. The molecule has 0 spiro atoms. The van der Waals surface area contributed by atoms with Crippen molar-refractivity contribution in [1.82, 2.24) is 0 Å². The van der Waals surface area contributed by atoms with Crippen LogP contribution < -0.4 is 10.1 Å². The summed E-state index contributed by atoms with van der Waals surface area (Å²) in [4.78, 5) is 38.6. The van der Waals surface area contributed by atoms with Crippen LogP contribution in [0.1, 0.15) is 70.3 Å². The highest BCUT2D eigenvalue weighted by molar-refractivity contribution is 6.03. The van der Waals surface area contributed by atoms with Gasteiger partial charge in [0.2, 0.25) is 0 Å². The molecular weight excluding hydrogens is 466 g/mol. The number of fused-ring (bicyclic) bond motifs is 2. The molecule has 0 unspecified atom stereocenters. The van der Waals surface area contributed by atoms with Crippen LogP contribution in [0.4, 0.5) is 10.5 Å². The van der Waals surface area contributed by atoms with Crippen LogP contribution in [0.5, 0.6) is 5.75 Å². The normalized spacial score (nSPS) is 26.0. The third-order valence-corrected chi connectivity index (χ3v) is 5.41. The zero-order chi connectivity index (χ0) is 26.7. The fourth-order valence-electron chi connectivity index (χ4n) is 3.96. The molecule has 0 aliphatic carbocycles. The Morgan fingerprint density at radius 2 is 1.78 bits per heavy atom. The molecule has 1 aromatic carbocycles. The molecule has 1 amide bonds. The Kier molecular flexibility index (Phi) is 8.26. The first-order valence-electron chi connectivity index (χ1n) is 11.9. The number of cyclic esters (lactones) is 1. The Balaban J connectivity index is 2.04. The average Bonchev–Trinajstić information content (AvgIpc) is 3.05. The van der Waals surface area contributed by atoms with E-state index in [1.165, 1.54) is 19.3 Å². The monoisotopic (exact) mass is 501 g/mol. The van der Waals surface area contributed by atoms with E-state index in [0.29, 0.717) is 24.2 Å². The van der Waals surface area contributed by atoms with Gasteiger partial charge in [0.15, 0.2) is 11.6 Å². The lowest BCUT2D eigenvalue weighted by Crippen LogP contribution is -2.30. The highest BCUT2D eigenvalue weighted by Gasteiger charge is 2.43. The van der Waals surface area contributed by atoms with E-state index in [4.69, 9.17) is 23.7 Å². The lowest BCUT2D eigenvalue weighted by molar-refractivity contribution is -0.152. The molecule has 0 aromatic heterocycles. The molecule has 3 rings (SSSR count). The third-order valence-electron chi connectivity index (χ3n) is 5.41. The van der Waals surface area contributed by atoms with Crippen LogP contribution in [0.15, 0.2) is 30.4 Å². The van der Waals surface area contributed by atoms with Crippen molar-refractivity contribution in [3.63, 3.8) is 0 Å². The van der Waals surface area contributed by atoms with Crippen molar-refractivity contribution in [3.8, 4) is 5.75 Å². The van der Waals surface area contributed by atoms with E-state index in [2.05, 4.69) is 5.32 Å². The van der Waals surface area contributed by atoms with Gasteiger partial charge in [0.05, 0.1) is 24.5 Å². The Bertz CT molecular complexity index is 1070. The minimum Gasteiger partial charge on any atom is -0.497 e. The van der Waals surface area contributed by atoms with Crippen molar-refractivity contribution in [1.29, 1.82) is 0 Å². The number of hydrogen-bond acceptors (Lipinski definition) is 8. The van der Waals surface area contributed by atoms with Crippen LogP contribution in [-0.2, 0) is 23.7 Å². The number of hydrogen-bond donors (Lipinski definition) is 1. The van der Waals surface area contributed by atoms with Gasteiger partial charge in [0.25, 0.3) is 0 Å². The van der Waals surface area contributed by atoms with Crippen molar-refractivity contribution >= 4 is 29.6 Å². The molecule has 9 heteroatoms. The number of carbonyl (C=O) groups is 3. The Hall–Kier alpha value is -3.17. The molecule has 2 heterocycles. The highest BCUT2D eigenvalue weighted by Crippen LogP contribution is 2.33. The van der Waals surface area contributed by atoms with E-state index >= 15 is 0 Å². The topological polar surface area (TPSA) is 109 Å². The summed E-state index contributed by atoms with van der Waals surface area (Å²) in [5.41, 5.74) is 0.0813. The first kappa shape index (κ1) is 27.4. The number of rotatable bonds is 2. The number of esters is 1. The van der Waals surface area contributed by atoms with E-state index in [-0.39, 0.29) is 17.0 Å². The summed E-state index contributed by atoms with van der Waals surface area (Å²) in [6.45, 7) is 10.5. The second-order valence-electron chi connectivity index (χ2n) is 10.3. The van der Waals surface area contributed by atoms with Gasteiger partial charge in [-0.2, -0.15) is 0 Å². The standard InChI is InChI=1S/C27H35NO8/c1-16-10-8-12-20(29)23-21(34-27(5,6)35-23)13-9-11-17-14-18(32-7)15-19(22(17)24(30)33-16)28-25(31)36-26(2,3)4/h8-9,11-12,14-16,21,23H,10,13H2,1-7H3,(H,28,31)/b11-9+,12-8-/t16-,21-,23+/m0/s1. The predicted molar refractivity (Wildman–Crippen MR) is 134 cm³/mol. The van der Waals surface area contributed by atoms with Gasteiger partial charge in [-0.25, -0.2) is 9.59 Å². The molecule has 0 saturated carbocycles. The number of benzene rings is 1. The van der Waals surface area contributed by atoms with E-state index in [1.807, 2.05) is 0 Å². The number of carbonyl (C=O) groups excluding carboxylic acids is 3. The maximum atomic E-state index is 13.3. The van der Waals surface area contributed by atoms with Crippen molar-refractivity contribution in [2.24, 2.45) is 0 Å². The highest BCUT2D eigenvalue weighted by atomic mass is 16.8. The predicted octanol–water partition coefficient (Wildman–Crippen LogP) is 5.04. The summed E-state index contributed by atoms with van der Waals surface area (Å²) in [5, 5.41) is 2.66. The van der Waals surface area contributed by atoms with Gasteiger partial charge in [-0.1, -0.05) is 18.2 Å². The maximum Gasteiger partial charge on any atom is 0.412 e. The Morgan fingerprint density at radius 3 is 2.44 bits per heavy atom. The number of anilines is 1. The SMILES string of the molecule is COc1cc2c(c(NC(=O)OC(C)(C)C)c1)C(=O)O[C@@H](C)C/C=C\C(=O)[C@H]1OC(C)(C)O[C@H]1C/C=C/2. The van der Waals surface area contributed by atoms with Gasteiger partial charge in [0, 0.05) is 12.5 Å². The van der Waals surface area contributed by atoms with Crippen LogP contribution in [0.25, 0.3) is 6.08 Å². The molecule has 1 N–H and O–H groups in total. The minimum absolute atomic E-state index is 0.155. The van der Waals surface area contributed by atoms with Crippen LogP contribution in [0.2, 0.25) is 0 Å². The molecule has 1 aromatic rings. The number of ketones is 1. The zero-order valence-corrected chi connectivity index (χ0v) is 21.9. The summed E-state index contributed by atoms with van der Waals surface area (Å²) in [6.07, 6.45) is 4.75. The molecule has 0 bridgehead atoms. The zero-order valence-electron chi connectivity index (χ0n) is 21.9. The molecular formula is C27H35NO8. The molecule has 2 aliphatic heterocycles. The fourth-order valence-corrected chi connectivity index (χ4v) is 3.96. The second kappa shape index (κ2) is 10.8. The molecule has 9 nitrogen and oxygen atoms in total. The van der Waals surface area contributed by atoms with Gasteiger partial charge in [-0.15, -0.1) is 0 Å². The van der Waals surface area contributed by atoms with Crippen molar-refractivity contribution < 1.29 is 38.1 Å². The van der Waals surface area contributed by atoms with Crippen LogP contribution in [0.3, 0.4) is 0 Å². The van der Waals surface area contributed by atoms with Crippen LogP contribution in [0, 0.1) is 0 Å². The van der Waals surface area contributed by atoms with Gasteiger partial charge in [-0.05, 0) is 65.7 Å². The molecule has 36 heavy (non-hydrogen) atoms. The summed E-state index contributed by atoms with van der Waals surface area (Å²) in [7, 11) is 1.49. The Morgan fingerprint density at radius 1 is 1.08 bits per heavy atom. The number of ether oxygens (including phenoxy) is 5. The first-order valence-corrected chi connectivity index (χ1v) is 11.9. The molecule has 0 radical (unpaired) electrons. The van der Waals surface area contributed by atoms with Crippen LogP contribution >= 0.6 is 0 Å². The quantitative estimate of drug-likeness (QED) is 0.562.